The largest absolute Gasteiger partial charge is 0.478 e. The minimum atomic E-state index is -1.10. The maximum atomic E-state index is 11.9. The lowest BCUT2D eigenvalue weighted by Crippen LogP contribution is -2.34. The molecule has 2 N–H and O–H groups in total. The Labute approximate surface area is 119 Å². The van der Waals surface area contributed by atoms with E-state index in [0.717, 1.165) is 0 Å². The van der Waals surface area contributed by atoms with E-state index in [2.05, 4.69) is 21.2 Å². The molecule has 19 heavy (non-hydrogen) atoms. The Kier molecular flexibility index (Phi) is 5.78. The molecular formula is C12H15BrN2O4. The highest BCUT2D eigenvalue weighted by Crippen LogP contribution is 2.26. The lowest BCUT2D eigenvalue weighted by atomic mass is 10.2. The zero-order chi connectivity index (χ0) is 14.4. The molecule has 0 aliphatic rings. The van der Waals surface area contributed by atoms with Gasteiger partial charge in [0.15, 0.2) is 0 Å². The fraction of sp³-hybridized carbons (Fsp3) is 0.333. The first-order valence-corrected chi connectivity index (χ1v) is 6.29. The van der Waals surface area contributed by atoms with Crippen molar-refractivity contribution >= 4 is 33.6 Å². The number of carboxylic acids is 1. The van der Waals surface area contributed by atoms with Crippen molar-refractivity contribution < 1.29 is 19.4 Å². The van der Waals surface area contributed by atoms with Gasteiger partial charge >= 0.3 is 12.0 Å². The summed E-state index contributed by atoms with van der Waals surface area (Å²) >= 11 is 3.22. The van der Waals surface area contributed by atoms with Crippen molar-refractivity contribution in [3.63, 3.8) is 0 Å². The molecule has 2 amide bonds. The number of carbonyl (C=O) groups is 2. The average Bonchev–Trinajstić information content (AvgIpc) is 2.37. The molecular weight excluding hydrogens is 316 g/mol. The number of ether oxygens (including phenoxy) is 1. The number of rotatable bonds is 5. The van der Waals surface area contributed by atoms with Gasteiger partial charge < -0.3 is 20.1 Å². The molecule has 104 valence electrons. The molecule has 1 aromatic carbocycles. The van der Waals surface area contributed by atoms with Crippen molar-refractivity contribution in [2.24, 2.45) is 0 Å². The number of benzene rings is 1. The molecule has 1 rings (SSSR count). The van der Waals surface area contributed by atoms with E-state index < -0.39 is 12.0 Å². The van der Waals surface area contributed by atoms with Crippen molar-refractivity contribution in [1.29, 1.82) is 0 Å². The predicted molar refractivity (Wildman–Crippen MR) is 74.6 cm³/mol. The quantitative estimate of drug-likeness (QED) is 0.867. The number of hydrogen-bond acceptors (Lipinski definition) is 3. The Morgan fingerprint density at radius 1 is 1.47 bits per heavy atom. The molecule has 0 aliphatic heterocycles. The third-order valence-electron chi connectivity index (χ3n) is 2.45. The fourth-order valence-corrected chi connectivity index (χ4v) is 1.83. The third-order valence-corrected chi connectivity index (χ3v) is 3.11. The minimum absolute atomic E-state index is 0.0304. The second kappa shape index (κ2) is 7.10. The van der Waals surface area contributed by atoms with Crippen LogP contribution in [0.2, 0.25) is 0 Å². The van der Waals surface area contributed by atoms with Crippen LogP contribution >= 0.6 is 15.9 Å². The number of nitrogens with zero attached hydrogens (tertiary/aromatic N) is 1. The molecule has 0 fully saturated rings. The zero-order valence-electron chi connectivity index (χ0n) is 10.6. The molecule has 0 heterocycles. The topological polar surface area (TPSA) is 78.9 Å². The Morgan fingerprint density at radius 2 is 2.16 bits per heavy atom. The van der Waals surface area contributed by atoms with Gasteiger partial charge in [-0.05, 0) is 28.1 Å². The standard InChI is InChI=1S/C12H15BrN2O4/c1-15(6-7-19-2)12(18)14-10-8(11(16)17)4-3-5-9(10)13/h3-5H,6-7H2,1-2H3,(H,14,18)(H,16,17). The van der Waals surface area contributed by atoms with Gasteiger partial charge in [0.05, 0.1) is 17.9 Å². The van der Waals surface area contributed by atoms with Gasteiger partial charge in [0.2, 0.25) is 0 Å². The van der Waals surface area contributed by atoms with Crippen LogP contribution in [0.5, 0.6) is 0 Å². The number of aromatic carboxylic acids is 1. The fourth-order valence-electron chi connectivity index (χ4n) is 1.36. The lowest BCUT2D eigenvalue weighted by Gasteiger charge is -2.18. The number of carboxylic acid groups (broad SMARTS) is 1. The van der Waals surface area contributed by atoms with Crippen molar-refractivity contribution in [3.05, 3.63) is 28.2 Å². The van der Waals surface area contributed by atoms with Crippen LogP contribution in [0.3, 0.4) is 0 Å². The second-order valence-electron chi connectivity index (χ2n) is 3.81. The first-order chi connectivity index (χ1) is 8.97. The number of hydrogen-bond donors (Lipinski definition) is 2. The summed E-state index contributed by atoms with van der Waals surface area (Å²) in [5.41, 5.74) is 0.270. The van der Waals surface area contributed by atoms with E-state index in [-0.39, 0.29) is 11.3 Å². The van der Waals surface area contributed by atoms with Crippen LogP contribution in [0.4, 0.5) is 10.5 Å². The van der Waals surface area contributed by atoms with Gasteiger partial charge in [-0.2, -0.15) is 0 Å². The van der Waals surface area contributed by atoms with Crippen LogP contribution in [-0.2, 0) is 4.74 Å². The Hall–Kier alpha value is -1.60. The van der Waals surface area contributed by atoms with Crippen LogP contribution in [0, 0.1) is 0 Å². The van der Waals surface area contributed by atoms with E-state index in [4.69, 9.17) is 9.84 Å². The van der Waals surface area contributed by atoms with Crippen LogP contribution in [0.15, 0.2) is 22.7 Å². The van der Waals surface area contributed by atoms with Crippen LogP contribution in [0.1, 0.15) is 10.4 Å². The summed E-state index contributed by atoms with van der Waals surface area (Å²) in [5, 5.41) is 11.6. The summed E-state index contributed by atoms with van der Waals surface area (Å²) in [4.78, 5) is 24.4. The summed E-state index contributed by atoms with van der Waals surface area (Å²) in [6, 6.07) is 4.29. The molecule has 0 spiro atoms. The molecule has 7 heteroatoms. The summed E-state index contributed by atoms with van der Waals surface area (Å²) < 4.78 is 5.39. The Morgan fingerprint density at radius 3 is 2.74 bits per heavy atom. The summed E-state index contributed by atoms with van der Waals surface area (Å²) in [6.45, 7) is 0.820. The molecule has 0 aromatic heterocycles. The maximum absolute atomic E-state index is 11.9. The molecule has 0 saturated heterocycles. The van der Waals surface area contributed by atoms with Gasteiger partial charge in [-0.15, -0.1) is 0 Å². The molecule has 0 aliphatic carbocycles. The highest BCUT2D eigenvalue weighted by atomic mass is 79.9. The number of anilines is 1. The van der Waals surface area contributed by atoms with Gasteiger partial charge in [-0.1, -0.05) is 6.07 Å². The number of likely N-dealkylation sites (N-methyl/N-ethyl adjacent to an activating group) is 1. The number of para-hydroxylation sites is 1. The number of carbonyl (C=O) groups excluding carboxylic acids is 1. The Balaban J connectivity index is 2.87. The number of halogens is 1. The molecule has 0 radical (unpaired) electrons. The zero-order valence-corrected chi connectivity index (χ0v) is 12.2. The minimum Gasteiger partial charge on any atom is -0.478 e. The second-order valence-corrected chi connectivity index (χ2v) is 4.67. The van der Waals surface area contributed by atoms with E-state index in [1.54, 1.807) is 26.3 Å². The smallest absolute Gasteiger partial charge is 0.337 e. The maximum Gasteiger partial charge on any atom is 0.337 e. The van der Waals surface area contributed by atoms with Crippen LogP contribution < -0.4 is 5.32 Å². The van der Waals surface area contributed by atoms with Crippen molar-refractivity contribution in [1.82, 2.24) is 4.90 Å². The monoisotopic (exact) mass is 330 g/mol. The van der Waals surface area contributed by atoms with Crippen molar-refractivity contribution in [3.8, 4) is 0 Å². The van der Waals surface area contributed by atoms with E-state index in [1.165, 1.54) is 11.0 Å². The predicted octanol–water partition coefficient (Wildman–Crippen LogP) is 2.26. The SMILES string of the molecule is COCCN(C)C(=O)Nc1c(Br)cccc1C(=O)O. The molecule has 0 unspecified atom stereocenters. The van der Waals surface area contributed by atoms with E-state index in [1.807, 2.05) is 0 Å². The normalized spacial score (nSPS) is 10.1. The van der Waals surface area contributed by atoms with Crippen molar-refractivity contribution in [2.75, 3.05) is 32.6 Å². The van der Waals surface area contributed by atoms with E-state index in [9.17, 15) is 9.59 Å². The van der Waals surface area contributed by atoms with Gasteiger partial charge in [-0.25, -0.2) is 9.59 Å². The number of methoxy groups -OCH3 is 1. The van der Waals surface area contributed by atoms with Gasteiger partial charge in [0.1, 0.15) is 0 Å². The van der Waals surface area contributed by atoms with Gasteiger partial charge in [0, 0.05) is 25.2 Å². The van der Waals surface area contributed by atoms with Crippen LogP contribution in [-0.4, -0.2) is 49.3 Å². The molecule has 0 atom stereocenters. The summed E-state index contributed by atoms with van der Waals surface area (Å²) in [5.74, 6) is -1.10. The summed E-state index contributed by atoms with van der Waals surface area (Å²) in [6.07, 6.45) is 0. The van der Waals surface area contributed by atoms with Gasteiger partial charge in [0.25, 0.3) is 0 Å². The molecule has 6 nitrogen and oxygen atoms in total. The van der Waals surface area contributed by atoms with Crippen LogP contribution in [0.25, 0.3) is 0 Å². The number of urea groups is 1. The number of amides is 2. The molecule has 0 bridgehead atoms. The molecule has 0 saturated carbocycles. The molecule has 1 aromatic rings. The van der Waals surface area contributed by atoms with Crippen molar-refractivity contribution in [2.45, 2.75) is 0 Å². The third kappa shape index (κ3) is 4.22. The Bertz CT molecular complexity index is 479. The number of nitrogens with one attached hydrogen (secondary N) is 1. The summed E-state index contributed by atoms with van der Waals surface area (Å²) in [7, 11) is 3.15. The van der Waals surface area contributed by atoms with E-state index in [0.29, 0.717) is 17.6 Å². The van der Waals surface area contributed by atoms with Gasteiger partial charge in [-0.3, -0.25) is 0 Å². The van der Waals surface area contributed by atoms with E-state index >= 15 is 0 Å². The average molecular weight is 331 g/mol. The first-order valence-electron chi connectivity index (χ1n) is 5.50. The lowest BCUT2D eigenvalue weighted by molar-refractivity contribution is 0.0698. The highest BCUT2D eigenvalue weighted by Gasteiger charge is 2.17. The highest BCUT2D eigenvalue weighted by molar-refractivity contribution is 9.10. The first kappa shape index (κ1) is 15.5.